The Morgan fingerprint density at radius 2 is 2.04 bits per heavy atom. The van der Waals surface area contributed by atoms with Crippen LogP contribution < -0.4 is 5.32 Å². The molecule has 132 valence electrons. The van der Waals surface area contributed by atoms with Gasteiger partial charge in [-0.15, -0.1) is 0 Å². The van der Waals surface area contributed by atoms with Crippen molar-refractivity contribution in [1.29, 1.82) is 0 Å². The SMILES string of the molecule is CC1CC(C(=O)O)CN(C(=O)NCCc2ccc3ccccc3n2)C1. The van der Waals surface area contributed by atoms with Crippen LogP contribution in [-0.4, -0.2) is 46.6 Å². The topological polar surface area (TPSA) is 82.5 Å². The number of rotatable bonds is 4. The van der Waals surface area contributed by atoms with Gasteiger partial charge in [-0.3, -0.25) is 9.78 Å². The summed E-state index contributed by atoms with van der Waals surface area (Å²) in [6.45, 7) is 3.34. The molecule has 2 N–H and O–H groups in total. The fourth-order valence-corrected chi connectivity index (χ4v) is 3.35. The number of fused-ring (bicyclic) bond motifs is 1. The molecule has 2 aromatic rings. The van der Waals surface area contributed by atoms with Gasteiger partial charge in [-0.05, 0) is 24.5 Å². The molecule has 1 aliphatic heterocycles. The number of aromatic nitrogens is 1. The number of nitrogens with zero attached hydrogens (tertiary/aromatic N) is 2. The van der Waals surface area contributed by atoms with Crippen LogP contribution in [0.4, 0.5) is 4.79 Å². The third-order valence-corrected chi connectivity index (χ3v) is 4.61. The van der Waals surface area contributed by atoms with Crippen LogP contribution in [0, 0.1) is 11.8 Å². The Kier molecular flexibility index (Phi) is 5.16. The van der Waals surface area contributed by atoms with Crippen LogP contribution in [-0.2, 0) is 11.2 Å². The summed E-state index contributed by atoms with van der Waals surface area (Å²) < 4.78 is 0. The number of aliphatic carboxylic acids is 1. The molecule has 2 unspecified atom stereocenters. The lowest BCUT2D eigenvalue weighted by molar-refractivity contribution is -0.143. The van der Waals surface area contributed by atoms with Crippen molar-refractivity contribution in [1.82, 2.24) is 15.2 Å². The average Bonchev–Trinajstić information content (AvgIpc) is 2.61. The average molecular weight is 341 g/mol. The van der Waals surface area contributed by atoms with E-state index in [1.54, 1.807) is 4.90 Å². The predicted molar refractivity (Wildman–Crippen MR) is 95.3 cm³/mol. The molecular formula is C19H23N3O3. The molecule has 1 aromatic heterocycles. The van der Waals surface area contributed by atoms with Crippen LogP contribution in [0.3, 0.4) is 0 Å². The van der Waals surface area contributed by atoms with Crippen LogP contribution in [0.1, 0.15) is 19.0 Å². The summed E-state index contributed by atoms with van der Waals surface area (Å²) in [5, 5.41) is 13.2. The van der Waals surface area contributed by atoms with Gasteiger partial charge >= 0.3 is 12.0 Å². The van der Waals surface area contributed by atoms with Gasteiger partial charge in [0.25, 0.3) is 0 Å². The summed E-state index contributed by atoms with van der Waals surface area (Å²) >= 11 is 0. The standard InChI is InChI=1S/C19H23N3O3/c1-13-10-15(18(23)24)12-22(11-13)19(25)20-9-8-16-7-6-14-4-2-3-5-17(14)21-16/h2-7,13,15H,8-12H2,1H3,(H,20,25)(H,23,24). The molecule has 1 aromatic carbocycles. The number of pyridine rings is 1. The van der Waals surface area contributed by atoms with E-state index in [1.165, 1.54) is 0 Å². The number of carbonyl (C=O) groups is 2. The lowest BCUT2D eigenvalue weighted by atomic mass is 9.91. The molecule has 1 aliphatic rings. The van der Waals surface area contributed by atoms with Gasteiger partial charge in [0.2, 0.25) is 0 Å². The number of carbonyl (C=O) groups excluding carboxylic acids is 1. The van der Waals surface area contributed by atoms with Crippen molar-refractivity contribution in [3.63, 3.8) is 0 Å². The molecule has 25 heavy (non-hydrogen) atoms. The third-order valence-electron chi connectivity index (χ3n) is 4.61. The van der Waals surface area contributed by atoms with E-state index in [0.717, 1.165) is 16.6 Å². The maximum absolute atomic E-state index is 12.3. The number of carboxylic acids is 1. The number of benzene rings is 1. The molecule has 3 rings (SSSR count). The number of amides is 2. The second kappa shape index (κ2) is 7.51. The van der Waals surface area contributed by atoms with Gasteiger partial charge in [-0.1, -0.05) is 31.2 Å². The first-order valence-electron chi connectivity index (χ1n) is 8.63. The van der Waals surface area contributed by atoms with Gasteiger partial charge in [-0.2, -0.15) is 0 Å². The minimum atomic E-state index is -0.829. The highest BCUT2D eigenvalue weighted by Gasteiger charge is 2.31. The molecule has 1 fully saturated rings. The minimum Gasteiger partial charge on any atom is -0.481 e. The zero-order valence-electron chi connectivity index (χ0n) is 14.3. The number of likely N-dealkylation sites (tertiary alicyclic amines) is 1. The summed E-state index contributed by atoms with van der Waals surface area (Å²) in [5.41, 5.74) is 1.87. The summed E-state index contributed by atoms with van der Waals surface area (Å²) in [6, 6.07) is 11.7. The number of carboxylic acid groups (broad SMARTS) is 1. The first-order chi connectivity index (χ1) is 12.0. The third kappa shape index (κ3) is 4.26. The summed E-state index contributed by atoms with van der Waals surface area (Å²) in [5.74, 6) is -1.11. The molecule has 2 heterocycles. The quantitative estimate of drug-likeness (QED) is 0.895. The molecule has 2 amide bonds. The lowest BCUT2D eigenvalue weighted by Crippen LogP contribution is -2.49. The fraction of sp³-hybridized carbons (Fsp3) is 0.421. The molecule has 0 bridgehead atoms. The van der Waals surface area contributed by atoms with E-state index in [-0.39, 0.29) is 18.5 Å². The van der Waals surface area contributed by atoms with Gasteiger partial charge in [0, 0.05) is 37.1 Å². The van der Waals surface area contributed by atoms with E-state index in [4.69, 9.17) is 0 Å². The number of hydrogen-bond donors (Lipinski definition) is 2. The Hall–Kier alpha value is -2.63. The van der Waals surface area contributed by atoms with Crippen molar-refractivity contribution in [3.8, 4) is 0 Å². The van der Waals surface area contributed by atoms with Crippen molar-refractivity contribution in [2.75, 3.05) is 19.6 Å². The largest absolute Gasteiger partial charge is 0.481 e. The molecule has 0 spiro atoms. The number of urea groups is 1. The molecule has 0 saturated carbocycles. The Balaban J connectivity index is 1.53. The fourth-order valence-electron chi connectivity index (χ4n) is 3.35. The van der Waals surface area contributed by atoms with Crippen molar-refractivity contribution >= 4 is 22.9 Å². The van der Waals surface area contributed by atoms with Gasteiger partial charge in [0.05, 0.1) is 11.4 Å². The molecule has 0 aliphatic carbocycles. The molecule has 6 nitrogen and oxygen atoms in total. The normalized spacial score (nSPS) is 20.4. The van der Waals surface area contributed by atoms with Crippen LogP contribution in [0.2, 0.25) is 0 Å². The highest BCUT2D eigenvalue weighted by Crippen LogP contribution is 2.21. The van der Waals surface area contributed by atoms with Gasteiger partial charge in [0.1, 0.15) is 0 Å². The second-order valence-corrected chi connectivity index (χ2v) is 6.76. The first-order valence-corrected chi connectivity index (χ1v) is 8.63. The van der Waals surface area contributed by atoms with Crippen LogP contribution >= 0.6 is 0 Å². The van der Waals surface area contributed by atoms with Crippen molar-refractivity contribution < 1.29 is 14.7 Å². The van der Waals surface area contributed by atoms with Crippen molar-refractivity contribution in [2.24, 2.45) is 11.8 Å². The molecule has 6 heteroatoms. The summed E-state index contributed by atoms with van der Waals surface area (Å²) in [6.07, 6.45) is 1.27. The second-order valence-electron chi connectivity index (χ2n) is 6.76. The molecule has 2 atom stereocenters. The van der Waals surface area contributed by atoms with E-state index >= 15 is 0 Å². The molecule has 0 radical (unpaired) electrons. The highest BCUT2D eigenvalue weighted by atomic mass is 16.4. The Morgan fingerprint density at radius 1 is 1.24 bits per heavy atom. The monoisotopic (exact) mass is 341 g/mol. The number of hydrogen-bond acceptors (Lipinski definition) is 3. The smallest absolute Gasteiger partial charge is 0.317 e. The highest BCUT2D eigenvalue weighted by molar-refractivity contribution is 5.78. The van der Waals surface area contributed by atoms with Gasteiger partial charge in [0.15, 0.2) is 0 Å². The number of piperidine rings is 1. The van der Waals surface area contributed by atoms with E-state index in [0.29, 0.717) is 25.9 Å². The maximum Gasteiger partial charge on any atom is 0.317 e. The number of para-hydroxylation sites is 1. The van der Waals surface area contributed by atoms with Gasteiger partial charge < -0.3 is 15.3 Å². The maximum atomic E-state index is 12.3. The van der Waals surface area contributed by atoms with E-state index in [9.17, 15) is 14.7 Å². The lowest BCUT2D eigenvalue weighted by Gasteiger charge is -2.34. The minimum absolute atomic E-state index is 0.196. The van der Waals surface area contributed by atoms with Crippen molar-refractivity contribution in [3.05, 3.63) is 42.1 Å². The summed E-state index contributed by atoms with van der Waals surface area (Å²) in [4.78, 5) is 29.7. The first kappa shape index (κ1) is 17.2. The van der Waals surface area contributed by atoms with Crippen molar-refractivity contribution in [2.45, 2.75) is 19.8 Å². The Labute approximate surface area is 146 Å². The zero-order valence-corrected chi connectivity index (χ0v) is 14.3. The van der Waals surface area contributed by atoms with Crippen LogP contribution in [0.25, 0.3) is 10.9 Å². The van der Waals surface area contributed by atoms with Crippen LogP contribution in [0.15, 0.2) is 36.4 Å². The Bertz CT molecular complexity index is 777. The Morgan fingerprint density at radius 3 is 2.84 bits per heavy atom. The van der Waals surface area contributed by atoms with Crippen LogP contribution in [0.5, 0.6) is 0 Å². The number of nitrogens with one attached hydrogen (secondary N) is 1. The van der Waals surface area contributed by atoms with E-state index in [1.807, 2.05) is 43.3 Å². The molecular weight excluding hydrogens is 318 g/mol. The zero-order chi connectivity index (χ0) is 17.8. The van der Waals surface area contributed by atoms with Gasteiger partial charge in [-0.25, -0.2) is 4.79 Å². The summed E-state index contributed by atoms with van der Waals surface area (Å²) in [7, 11) is 0. The van der Waals surface area contributed by atoms with E-state index < -0.39 is 11.9 Å². The molecule has 1 saturated heterocycles. The predicted octanol–water partition coefficient (Wildman–Crippen LogP) is 2.53. The van der Waals surface area contributed by atoms with E-state index in [2.05, 4.69) is 10.3 Å².